The second-order valence-electron chi connectivity index (χ2n) is 10.4. The molecule has 0 bridgehead atoms. The van der Waals surface area contributed by atoms with E-state index in [-0.39, 0.29) is 5.78 Å². The van der Waals surface area contributed by atoms with Crippen molar-refractivity contribution in [1.82, 2.24) is 4.90 Å². The molecule has 1 aliphatic rings. The SMILES string of the molecule is C/C=C(/CC)N=C(C)N1CCCCC1.CC(=O)c1ccc(-c2ccccc2)cc1.Cc1ccccc1C(C)C. The number of ketones is 1. The number of hydrogen-bond donors (Lipinski definition) is 0. The summed E-state index contributed by atoms with van der Waals surface area (Å²) in [5, 5.41) is 0. The third-order valence-electron chi connectivity index (χ3n) is 7.02. The quantitative estimate of drug-likeness (QED) is 0.189. The number of piperidine rings is 1. The van der Waals surface area contributed by atoms with E-state index < -0.39 is 0 Å². The Hall–Kier alpha value is -3.46. The number of amidine groups is 1. The van der Waals surface area contributed by atoms with Gasteiger partial charge in [0, 0.05) is 24.4 Å². The van der Waals surface area contributed by atoms with Gasteiger partial charge in [-0.25, -0.2) is 4.99 Å². The lowest BCUT2D eigenvalue weighted by atomic mass is 9.99. The van der Waals surface area contributed by atoms with Crippen LogP contribution in [0.15, 0.2) is 95.6 Å². The molecule has 3 aromatic rings. The largest absolute Gasteiger partial charge is 0.360 e. The third-order valence-corrected chi connectivity index (χ3v) is 7.02. The van der Waals surface area contributed by atoms with E-state index in [1.165, 1.54) is 60.6 Å². The number of hydrogen-bond acceptors (Lipinski definition) is 2. The van der Waals surface area contributed by atoms with Gasteiger partial charge in [0.25, 0.3) is 0 Å². The number of likely N-dealkylation sites (tertiary alicyclic amines) is 1. The molecule has 0 aromatic heterocycles. The van der Waals surface area contributed by atoms with Crippen molar-refractivity contribution < 1.29 is 4.79 Å². The van der Waals surface area contributed by atoms with Crippen molar-refractivity contribution in [3.05, 3.63) is 107 Å². The number of aryl methyl sites for hydroxylation is 1. The highest BCUT2D eigenvalue weighted by Gasteiger charge is 2.11. The Labute approximate surface area is 237 Å². The van der Waals surface area contributed by atoms with Gasteiger partial charge < -0.3 is 4.90 Å². The molecule has 0 spiro atoms. The summed E-state index contributed by atoms with van der Waals surface area (Å²) in [6, 6.07) is 26.4. The number of Topliss-reactive ketones (excluding diaryl/α,β-unsaturated/α-hetero) is 1. The van der Waals surface area contributed by atoms with Crippen molar-refractivity contribution in [3.63, 3.8) is 0 Å². The fourth-order valence-corrected chi connectivity index (χ4v) is 4.61. The summed E-state index contributed by atoms with van der Waals surface area (Å²) >= 11 is 0. The van der Waals surface area contributed by atoms with Crippen LogP contribution in [-0.2, 0) is 0 Å². The molecule has 1 heterocycles. The minimum absolute atomic E-state index is 0.106. The van der Waals surface area contributed by atoms with Crippen molar-refractivity contribution in [2.75, 3.05) is 13.1 Å². The van der Waals surface area contributed by atoms with Crippen LogP contribution in [0.4, 0.5) is 0 Å². The van der Waals surface area contributed by atoms with Crippen molar-refractivity contribution in [2.45, 2.75) is 80.1 Å². The van der Waals surface area contributed by atoms with Crippen LogP contribution in [-0.4, -0.2) is 29.6 Å². The molecule has 0 amide bonds. The molecule has 208 valence electrons. The number of rotatable bonds is 5. The average Bonchev–Trinajstić information content (AvgIpc) is 2.97. The van der Waals surface area contributed by atoms with E-state index >= 15 is 0 Å². The lowest BCUT2D eigenvalue weighted by Crippen LogP contribution is -2.34. The van der Waals surface area contributed by atoms with Gasteiger partial charge in [0.15, 0.2) is 5.78 Å². The zero-order valence-electron chi connectivity index (χ0n) is 25.2. The Morgan fingerprint density at radius 2 is 1.41 bits per heavy atom. The first-order valence-electron chi connectivity index (χ1n) is 14.4. The number of aliphatic imine (C=N–C) groups is 1. The molecule has 39 heavy (non-hydrogen) atoms. The maximum Gasteiger partial charge on any atom is 0.159 e. The molecule has 4 rings (SSSR count). The van der Waals surface area contributed by atoms with Gasteiger partial charge in [-0.2, -0.15) is 0 Å². The van der Waals surface area contributed by atoms with E-state index in [0.29, 0.717) is 5.92 Å². The summed E-state index contributed by atoms with van der Waals surface area (Å²) in [4.78, 5) is 18.1. The monoisotopic (exact) mass is 524 g/mol. The molecule has 3 nitrogen and oxygen atoms in total. The molecule has 3 heteroatoms. The minimum Gasteiger partial charge on any atom is -0.360 e. The number of carbonyl (C=O) groups excluding carboxylic acids is 1. The highest BCUT2D eigenvalue weighted by atomic mass is 16.1. The Kier molecular flexibility index (Phi) is 14.0. The molecule has 1 fully saturated rings. The fraction of sp³-hybridized carbons (Fsp3) is 0.389. The molecule has 3 aromatic carbocycles. The molecule has 0 N–H and O–H groups in total. The number of carbonyl (C=O) groups is 1. The van der Waals surface area contributed by atoms with Gasteiger partial charge in [-0.1, -0.05) is 106 Å². The molecular weight excluding hydrogens is 476 g/mol. The maximum atomic E-state index is 11.1. The smallest absolute Gasteiger partial charge is 0.159 e. The predicted molar refractivity (Wildman–Crippen MR) is 170 cm³/mol. The van der Waals surface area contributed by atoms with Crippen LogP contribution in [0.2, 0.25) is 0 Å². The van der Waals surface area contributed by atoms with Crippen molar-refractivity contribution in [1.29, 1.82) is 0 Å². The highest BCUT2D eigenvalue weighted by molar-refractivity contribution is 5.94. The summed E-state index contributed by atoms with van der Waals surface area (Å²) < 4.78 is 0. The van der Waals surface area contributed by atoms with E-state index in [0.717, 1.165) is 17.5 Å². The summed E-state index contributed by atoms with van der Waals surface area (Å²) in [5.74, 6) is 1.95. The van der Waals surface area contributed by atoms with E-state index in [1.54, 1.807) is 6.92 Å². The van der Waals surface area contributed by atoms with Gasteiger partial charge in [0.05, 0.1) is 0 Å². The molecule has 0 aliphatic carbocycles. The Morgan fingerprint density at radius 1 is 0.846 bits per heavy atom. The van der Waals surface area contributed by atoms with Gasteiger partial charge in [-0.3, -0.25) is 4.79 Å². The van der Waals surface area contributed by atoms with Crippen LogP contribution in [0.5, 0.6) is 0 Å². The zero-order chi connectivity index (χ0) is 28.6. The molecule has 0 atom stereocenters. The van der Waals surface area contributed by atoms with Gasteiger partial charge in [-0.15, -0.1) is 0 Å². The third kappa shape index (κ3) is 11.0. The number of allylic oxidation sites excluding steroid dienone is 2. The van der Waals surface area contributed by atoms with Crippen molar-refractivity contribution in [2.24, 2.45) is 4.99 Å². The van der Waals surface area contributed by atoms with E-state index in [4.69, 9.17) is 0 Å². The first-order chi connectivity index (χ1) is 18.8. The van der Waals surface area contributed by atoms with Gasteiger partial charge in [0.1, 0.15) is 5.84 Å². The molecule has 1 aliphatic heterocycles. The van der Waals surface area contributed by atoms with Gasteiger partial charge in [0.2, 0.25) is 0 Å². The summed E-state index contributed by atoms with van der Waals surface area (Å²) in [7, 11) is 0. The van der Waals surface area contributed by atoms with Crippen LogP contribution < -0.4 is 0 Å². The summed E-state index contributed by atoms with van der Waals surface area (Å²) in [6.07, 6.45) is 7.16. The van der Waals surface area contributed by atoms with E-state index in [9.17, 15) is 4.79 Å². The Bertz CT molecular complexity index is 1180. The zero-order valence-corrected chi connectivity index (χ0v) is 25.2. The second-order valence-corrected chi connectivity index (χ2v) is 10.4. The van der Waals surface area contributed by atoms with Gasteiger partial charge in [-0.05, 0) is 81.5 Å². The van der Waals surface area contributed by atoms with Crippen LogP contribution in [0.25, 0.3) is 11.1 Å². The minimum atomic E-state index is 0.106. The van der Waals surface area contributed by atoms with Crippen LogP contribution in [0.3, 0.4) is 0 Å². The van der Waals surface area contributed by atoms with Crippen LogP contribution in [0, 0.1) is 6.92 Å². The number of benzene rings is 3. The molecular formula is C36H48N2O. The Balaban J connectivity index is 0.000000210. The maximum absolute atomic E-state index is 11.1. The lowest BCUT2D eigenvalue weighted by molar-refractivity contribution is 0.101. The molecule has 0 unspecified atom stereocenters. The highest BCUT2D eigenvalue weighted by Crippen LogP contribution is 2.19. The van der Waals surface area contributed by atoms with E-state index in [1.807, 2.05) is 42.5 Å². The lowest BCUT2D eigenvalue weighted by Gasteiger charge is -2.28. The normalized spacial score (nSPS) is 13.7. The standard InChI is InChI=1S/C14H12O.C12H22N2.C10H14/c1-11(15)12-7-9-14(10-8-12)13-5-3-2-4-6-13;1-4-12(5-2)13-11(3)14-9-7-6-8-10-14;1-8(2)10-7-5-4-6-9(10)3/h2-10H,1H3;4H,5-10H2,1-3H3;4-8H,1-3H3/b;12-4-,13-11?;. The molecule has 0 saturated carbocycles. The average molecular weight is 525 g/mol. The fourth-order valence-electron chi connectivity index (χ4n) is 4.61. The topological polar surface area (TPSA) is 32.7 Å². The predicted octanol–water partition coefficient (Wildman–Crippen LogP) is 9.88. The first-order valence-corrected chi connectivity index (χ1v) is 14.4. The Morgan fingerprint density at radius 3 is 1.90 bits per heavy atom. The van der Waals surface area contributed by atoms with Crippen LogP contribution >= 0.6 is 0 Å². The second kappa shape index (κ2) is 17.2. The van der Waals surface area contributed by atoms with Crippen molar-refractivity contribution >= 4 is 11.6 Å². The number of nitrogens with zero attached hydrogens (tertiary/aromatic N) is 2. The summed E-state index contributed by atoms with van der Waals surface area (Å²) in [6.45, 7) is 16.9. The summed E-state index contributed by atoms with van der Waals surface area (Å²) in [5.41, 5.74) is 7.14. The molecule has 1 saturated heterocycles. The van der Waals surface area contributed by atoms with Crippen LogP contribution in [0.1, 0.15) is 94.6 Å². The van der Waals surface area contributed by atoms with E-state index in [2.05, 4.69) is 93.9 Å². The van der Waals surface area contributed by atoms with Crippen molar-refractivity contribution in [3.8, 4) is 11.1 Å². The molecule has 0 radical (unpaired) electrons. The first kappa shape index (κ1) is 31.8. The van der Waals surface area contributed by atoms with Gasteiger partial charge >= 0.3 is 0 Å².